The van der Waals surface area contributed by atoms with Crippen LogP contribution in [0.3, 0.4) is 0 Å². The first kappa shape index (κ1) is 10.5. The van der Waals surface area contributed by atoms with Crippen LogP contribution in [-0.2, 0) is 0 Å². The van der Waals surface area contributed by atoms with Crippen molar-refractivity contribution in [1.29, 1.82) is 0 Å². The highest BCUT2D eigenvalue weighted by molar-refractivity contribution is 6.11. The molecule has 3 rings (SSSR count). The van der Waals surface area contributed by atoms with E-state index in [1.165, 1.54) is 0 Å². The Morgan fingerprint density at radius 1 is 1.11 bits per heavy atom. The third-order valence-electron chi connectivity index (χ3n) is 2.74. The molecule has 0 aliphatic rings. The fourth-order valence-corrected chi connectivity index (χ4v) is 1.89. The van der Waals surface area contributed by atoms with Crippen molar-refractivity contribution in [3.8, 4) is 0 Å². The number of carbonyl (C=O) groups excluding carboxylic acids is 1. The summed E-state index contributed by atoms with van der Waals surface area (Å²) in [6.45, 7) is 0. The number of anilines is 1. The zero-order chi connectivity index (χ0) is 12.4. The standard InChI is InChI=1S/C14H11N3O/c18-14(17-12-6-1-2-8-15-12)11-5-3-4-10-7-9-16-13(10)11/h1-9,16H,(H,15,17,18). The minimum Gasteiger partial charge on any atom is -0.361 e. The van der Waals surface area contributed by atoms with Gasteiger partial charge in [0, 0.05) is 17.8 Å². The average Bonchev–Trinajstić information content (AvgIpc) is 2.87. The number of nitrogens with zero attached hydrogens (tertiary/aromatic N) is 1. The number of para-hydroxylation sites is 1. The van der Waals surface area contributed by atoms with E-state index in [4.69, 9.17) is 0 Å². The molecule has 4 nitrogen and oxygen atoms in total. The molecule has 2 heterocycles. The van der Waals surface area contributed by atoms with E-state index in [1.807, 2.05) is 30.5 Å². The second-order valence-electron chi connectivity index (χ2n) is 3.92. The number of benzene rings is 1. The van der Waals surface area contributed by atoms with Gasteiger partial charge in [-0.1, -0.05) is 18.2 Å². The van der Waals surface area contributed by atoms with E-state index in [1.54, 1.807) is 24.4 Å². The van der Waals surface area contributed by atoms with Gasteiger partial charge in [-0.25, -0.2) is 4.98 Å². The molecule has 1 aromatic carbocycles. The topological polar surface area (TPSA) is 57.8 Å². The molecule has 0 spiro atoms. The molecular formula is C14H11N3O. The highest BCUT2D eigenvalue weighted by atomic mass is 16.1. The first-order valence-electron chi connectivity index (χ1n) is 5.63. The average molecular weight is 237 g/mol. The Morgan fingerprint density at radius 3 is 2.89 bits per heavy atom. The van der Waals surface area contributed by atoms with Gasteiger partial charge in [-0.2, -0.15) is 0 Å². The Morgan fingerprint density at radius 2 is 2.06 bits per heavy atom. The largest absolute Gasteiger partial charge is 0.361 e. The van der Waals surface area contributed by atoms with E-state index >= 15 is 0 Å². The number of hydrogen-bond acceptors (Lipinski definition) is 2. The highest BCUT2D eigenvalue weighted by Gasteiger charge is 2.10. The van der Waals surface area contributed by atoms with Gasteiger partial charge in [-0.05, 0) is 24.3 Å². The van der Waals surface area contributed by atoms with Crippen LogP contribution < -0.4 is 5.32 Å². The summed E-state index contributed by atoms with van der Waals surface area (Å²) >= 11 is 0. The summed E-state index contributed by atoms with van der Waals surface area (Å²) in [4.78, 5) is 19.3. The number of aromatic nitrogens is 2. The van der Waals surface area contributed by atoms with Crippen molar-refractivity contribution in [2.75, 3.05) is 5.32 Å². The Bertz CT molecular complexity index is 688. The minimum atomic E-state index is -0.165. The molecule has 0 radical (unpaired) electrons. The van der Waals surface area contributed by atoms with Crippen molar-refractivity contribution in [3.63, 3.8) is 0 Å². The number of carbonyl (C=O) groups is 1. The number of rotatable bonds is 2. The first-order valence-corrected chi connectivity index (χ1v) is 5.63. The molecule has 2 N–H and O–H groups in total. The molecule has 0 saturated heterocycles. The summed E-state index contributed by atoms with van der Waals surface area (Å²) in [5.41, 5.74) is 1.45. The summed E-state index contributed by atoms with van der Waals surface area (Å²) in [6.07, 6.45) is 3.47. The molecule has 0 aliphatic carbocycles. The second kappa shape index (κ2) is 4.33. The SMILES string of the molecule is O=C(Nc1ccccn1)c1cccc2cc[nH]c12. The lowest BCUT2D eigenvalue weighted by Gasteiger charge is -2.05. The van der Waals surface area contributed by atoms with Crippen molar-refractivity contribution in [2.24, 2.45) is 0 Å². The van der Waals surface area contributed by atoms with E-state index in [0.717, 1.165) is 10.9 Å². The van der Waals surface area contributed by atoms with Gasteiger partial charge in [-0.15, -0.1) is 0 Å². The normalized spacial score (nSPS) is 10.4. The summed E-state index contributed by atoms with van der Waals surface area (Å²) < 4.78 is 0. The lowest BCUT2D eigenvalue weighted by Crippen LogP contribution is -2.13. The lowest BCUT2D eigenvalue weighted by molar-refractivity contribution is 0.102. The number of hydrogen-bond donors (Lipinski definition) is 2. The smallest absolute Gasteiger partial charge is 0.258 e. The fourth-order valence-electron chi connectivity index (χ4n) is 1.89. The van der Waals surface area contributed by atoms with Crippen LogP contribution in [0, 0.1) is 0 Å². The lowest BCUT2D eigenvalue weighted by atomic mass is 10.1. The molecule has 88 valence electrons. The van der Waals surface area contributed by atoms with Crippen LogP contribution in [-0.4, -0.2) is 15.9 Å². The van der Waals surface area contributed by atoms with E-state index in [9.17, 15) is 4.79 Å². The first-order chi connectivity index (χ1) is 8.84. The number of nitrogens with one attached hydrogen (secondary N) is 2. The monoisotopic (exact) mass is 237 g/mol. The Hall–Kier alpha value is -2.62. The third-order valence-corrected chi connectivity index (χ3v) is 2.74. The van der Waals surface area contributed by atoms with Gasteiger partial charge >= 0.3 is 0 Å². The van der Waals surface area contributed by atoms with Gasteiger partial charge < -0.3 is 10.3 Å². The zero-order valence-corrected chi connectivity index (χ0v) is 9.55. The molecule has 0 fully saturated rings. The molecule has 2 aromatic heterocycles. The summed E-state index contributed by atoms with van der Waals surface area (Å²) in [5.74, 6) is 0.382. The Kier molecular flexibility index (Phi) is 2.53. The van der Waals surface area contributed by atoms with E-state index in [2.05, 4.69) is 15.3 Å². The van der Waals surface area contributed by atoms with Crippen molar-refractivity contribution in [2.45, 2.75) is 0 Å². The summed E-state index contributed by atoms with van der Waals surface area (Å²) in [6, 6.07) is 12.9. The Balaban J connectivity index is 1.95. The number of amides is 1. The van der Waals surface area contributed by atoms with Gasteiger partial charge in [0.25, 0.3) is 5.91 Å². The van der Waals surface area contributed by atoms with Crippen molar-refractivity contribution in [1.82, 2.24) is 9.97 Å². The summed E-state index contributed by atoms with van der Waals surface area (Å²) in [5, 5.41) is 3.79. The van der Waals surface area contributed by atoms with Crippen LogP contribution in [0.2, 0.25) is 0 Å². The van der Waals surface area contributed by atoms with Crippen molar-refractivity contribution >= 4 is 22.6 Å². The van der Waals surface area contributed by atoms with E-state index in [0.29, 0.717) is 11.4 Å². The van der Waals surface area contributed by atoms with Crippen LogP contribution in [0.1, 0.15) is 10.4 Å². The second-order valence-corrected chi connectivity index (χ2v) is 3.92. The van der Waals surface area contributed by atoms with Gasteiger partial charge in [0.2, 0.25) is 0 Å². The molecule has 0 unspecified atom stereocenters. The zero-order valence-electron chi connectivity index (χ0n) is 9.55. The minimum absolute atomic E-state index is 0.165. The molecule has 18 heavy (non-hydrogen) atoms. The van der Waals surface area contributed by atoms with Crippen LogP contribution in [0.4, 0.5) is 5.82 Å². The van der Waals surface area contributed by atoms with Gasteiger partial charge in [-0.3, -0.25) is 4.79 Å². The van der Waals surface area contributed by atoms with Crippen LogP contribution >= 0.6 is 0 Å². The molecule has 3 aromatic rings. The van der Waals surface area contributed by atoms with Crippen molar-refractivity contribution < 1.29 is 4.79 Å². The third kappa shape index (κ3) is 1.84. The van der Waals surface area contributed by atoms with Gasteiger partial charge in [0.1, 0.15) is 5.82 Å². The van der Waals surface area contributed by atoms with Gasteiger partial charge in [0.15, 0.2) is 0 Å². The number of pyridine rings is 1. The fraction of sp³-hybridized carbons (Fsp3) is 0. The Labute approximate surface area is 104 Å². The molecule has 1 amide bonds. The number of H-pyrrole nitrogens is 1. The molecule has 0 saturated carbocycles. The predicted octanol–water partition coefficient (Wildman–Crippen LogP) is 2.82. The van der Waals surface area contributed by atoms with Crippen molar-refractivity contribution in [3.05, 3.63) is 60.4 Å². The maximum atomic E-state index is 12.2. The molecule has 0 bridgehead atoms. The predicted molar refractivity (Wildman–Crippen MR) is 70.5 cm³/mol. The molecule has 0 atom stereocenters. The quantitative estimate of drug-likeness (QED) is 0.720. The number of fused-ring (bicyclic) bond motifs is 1. The number of aromatic amines is 1. The molecular weight excluding hydrogens is 226 g/mol. The van der Waals surface area contributed by atoms with E-state index in [-0.39, 0.29) is 5.91 Å². The summed E-state index contributed by atoms with van der Waals surface area (Å²) in [7, 11) is 0. The van der Waals surface area contributed by atoms with Crippen LogP contribution in [0.25, 0.3) is 10.9 Å². The van der Waals surface area contributed by atoms with Crippen LogP contribution in [0.5, 0.6) is 0 Å². The molecule has 4 heteroatoms. The maximum Gasteiger partial charge on any atom is 0.258 e. The highest BCUT2D eigenvalue weighted by Crippen LogP contribution is 2.17. The van der Waals surface area contributed by atoms with E-state index < -0.39 is 0 Å². The maximum absolute atomic E-state index is 12.2. The molecule has 0 aliphatic heterocycles. The van der Waals surface area contributed by atoms with Crippen LogP contribution in [0.15, 0.2) is 54.9 Å². The van der Waals surface area contributed by atoms with Gasteiger partial charge in [0.05, 0.1) is 11.1 Å².